The maximum atomic E-state index is 12.7. The number of hydrazone groups is 1. The van der Waals surface area contributed by atoms with Crippen LogP contribution in [0.15, 0.2) is 90.0 Å². The van der Waals surface area contributed by atoms with Crippen molar-refractivity contribution in [2.75, 3.05) is 13.7 Å². The number of benzene rings is 4. The Balaban J connectivity index is 1.47. The number of carbonyl (C=O) groups excluding carboxylic acids is 3. The summed E-state index contributed by atoms with van der Waals surface area (Å²) in [7, 11) is 1.54. The van der Waals surface area contributed by atoms with Crippen LogP contribution in [0.2, 0.25) is 5.02 Å². The third-order valence-electron chi connectivity index (χ3n) is 5.34. The van der Waals surface area contributed by atoms with Crippen LogP contribution >= 0.6 is 11.6 Å². The zero-order valence-electron chi connectivity index (χ0n) is 19.7. The van der Waals surface area contributed by atoms with Crippen LogP contribution in [0.4, 0.5) is 0 Å². The lowest BCUT2D eigenvalue weighted by molar-refractivity contribution is -0.120. The van der Waals surface area contributed by atoms with Crippen LogP contribution in [0.1, 0.15) is 26.3 Å². The Labute approximate surface area is 217 Å². The second-order valence-corrected chi connectivity index (χ2v) is 8.24. The fraction of sp³-hybridized carbons (Fsp3) is 0.0714. The van der Waals surface area contributed by atoms with Crippen LogP contribution in [0, 0.1) is 0 Å². The van der Waals surface area contributed by atoms with Crippen molar-refractivity contribution >= 4 is 46.4 Å². The molecule has 186 valence electrons. The monoisotopic (exact) mass is 515 g/mol. The predicted molar refractivity (Wildman–Crippen MR) is 141 cm³/mol. The Hall–Kier alpha value is -4.69. The molecule has 0 bridgehead atoms. The lowest BCUT2D eigenvalue weighted by atomic mass is 10.0. The number of fused-ring (bicyclic) bond motifs is 1. The summed E-state index contributed by atoms with van der Waals surface area (Å²) in [4.78, 5) is 37.2. The Morgan fingerprint density at radius 3 is 2.46 bits per heavy atom. The van der Waals surface area contributed by atoms with Gasteiger partial charge >= 0.3 is 5.97 Å². The number of ether oxygens (including phenoxy) is 2. The van der Waals surface area contributed by atoms with Gasteiger partial charge in [-0.2, -0.15) is 5.10 Å². The van der Waals surface area contributed by atoms with Gasteiger partial charge < -0.3 is 14.8 Å². The summed E-state index contributed by atoms with van der Waals surface area (Å²) in [5, 5.41) is 8.61. The molecule has 4 rings (SSSR count). The molecule has 4 aromatic rings. The summed E-state index contributed by atoms with van der Waals surface area (Å²) in [5.74, 6) is -0.645. The van der Waals surface area contributed by atoms with Crippen molar-refractivity contribution in [1.29, 1.82) is 0 Å². The van der Waals surface area contributed by atoms with Gasteiger partial charge in [-0.25, -0.2) is 10.2 Å². The molecular formula is C28H22ClN3O5. The highest BCUT2D eigenvalue weighted by Crippen LogP contribution is 2.27. The van der Waals surface area contributed by atoms with Crippen LogP contribution in [0.3, 0.4) is 0 Å². The molecule has 9 heteroatoms. The second-order valence-electron chi connectivity index (χ2n) is 7.80. The first-order valence-electron chi connectivity index (χ1n) is 11.2. The van der Waals surface area contributed by atoms with Crippen molar-refractivity contribution in [2.45, 2.75) is 0 Å². The molecule has 0 aliphatic rings. The van der Waals surface area contributed by atoms with Crippen molar-refractivity contribution in [3.8, 4) is 11.5 Å². The van der Waals surface area contributed by atoms with Crippen LogP contribution in [0.25, 0.3) is 10.8 Å². The van der Waals surface area contributed by atoms with E-state index in [-0.39, 0.29) is 12.3 Å². The van der Waals surface area contributed by atoms with Crippen molar-refractivity contribution in [3.63, 3.8) is 0 Å². The van der Waals surface area contributed by atoms with Crippen LogP contribution < -0.4 is 20.2 Å². The van der Waals surface area contributed by atoms with Gasteiger partial charge in [0.25, 0.3) is 11.8 Å². The molecule has 0 saturated heterocycles. The van der Waals surface area contributed by atoms with Gasteiger partial charge in [0, 0.05) is 16.1 Å². The zero-order chi connectivity index (χ0) is 26.2. The molecule has 0 aliphatic heterocycles. The molecule has 0 radical (unpaired) electrons. The van der Waals surface area contributed by atoms with E-state index >= 15 is 0 Å². The predicted octanol–water partition coefficient (Wildman–Crippen LogP) is 4.60. The fourth-order valence-corrected chi connectivity index (χ4v) is 3.67. The van der Waals surface area contributed by atoms with Gasteiger partial charge in [-0.1, -0.05) is 48.0 Å². The third kappa shape index (κ3) is 6.50. The minimum Gasteiger partial charge on any atom is -0.497 e. The quantitative estimate of drug-likeness (QED) is 0.154. The fourth-order valence-electron chi connectivity index (χ4n) is 3.48. The van der Waals surface area contributed by atoms with Crippen molar-refractivity contribution < 1.29 is 23.9 Å². The first-order chi connectivity index (χ1) is 17.9. The summed E-state index contributed by atoms with van der Waals surface area (Å²) >= 11 is 5.90. The molecule has 37 heavy (non-hydrogen) atoms. The number of hydrogen-bond donors (Lipinski definition) is 2. The van der Waals surface area contributed by atoms with E-state index in [0.717, 1.165) is 10.8 Å². The summed E-state index contributed by atoms with van der Waals surface area (Å²) in [6.45, 7) is -0.294. The Kier molecular flexibility index (Phi) is 8.12. The Morgan fingerprint density at radius 2 is 1.70 bits per heavy atom. The zero-order valence-corrected chi connectivity index (χ0v) is 20.5. The van der Waals surface area contributed by atoms with Gasteiger partial charge in [0.2, 0.25) is 0 Å². The smallest absolute Gasteiger partial charge is 0.343 e. The molecule has 0 unspecified atom stereocenters. The molecule has 0 fully saturated rings. The van der Waals surface area contributed by atoms with Gasteiger partial charge in [-0.3, -0.25) is 9.59 Å². The van der Waals surface area contributed by atoms with Crippen LogP contribution in [-0.4, -0.2) is 37.7 Å². The molecule has 0 aliphatic carbocycles. The topological polar surface area (TPSA) is 106 Å². The van der Waals surface area contributed by atoms with E-state index in [0.29, 0.717) is 27.5 Å². The largest absolute Gasteiger partial charge is 0.497 e. The molecule has 4 aromatic carbocycles. The number of rotatable bonds is 8. The van der Waals surface area contributed by atoms with Gasteiger partial charge in [-0.05, 0) is 59.3 Å². The second kappa shape index (κ2) is 11.8. The number of methoxy groups -OCH3 is 1. The van der Waals surface area contributed by atoms with Crippen molar-refractivity contribution in [2.24, 2.45) is 5.10 Å². The lowest BCUT2D eigenvalue weighted by Gasteiger charge is -2.11. The minimum absolute atomic E-state index is 0.270. The normalized spacial score (nSPS) is 10.8. The maximum absolute atomic E-state index is 12.7. The van der Waals surface area contributed by atoms with E-state index in [1.165, 1.54) is 12.3 Å². The van der Waals surface area contributed by atoms with Gasteiger partial charge in [0.1, 0.15) is 11.5 Å². The molecule has 2 N–H and O–H groups in total. The van der Waals surface area contributed by atoms with E-state index in [2.05, 4.69) is 15.8 Å². The average molecular weight is 516 g/mol. The standard InChI is InChI=1S/C28H22ClN3O5/c1-36-22-12-9-19(10-13-22)28(35)37-25-14-11-18-5-2-3-8-23(18)24(25)16-31-32-26(33)17-30-27(34)20-6-4-7-21(29)15-20/h2-16H,17H2,1H3,(H,30,34)(H,32,33)/b31-16+. The van der Waals surface area contributed by atoms with Gasteiger partial charge in [-0.15, -0.1) is 0 Å². The number of esters is 1. The van der Waals surface area contributed by atoms with E-state index in [4.69, 9.17) is 21.1 Å². The number of nitrogens with zero attached hydrogens (tertiary/aromatic N) is 1. The lowest BCUT2D eigenvalue weighted by Crippen LogP contribution is -2.34. The number of halogens is 1. The summed E-state index contributed by atoms with van der Waals surface area (Å²) in [6.07, 6.45) is 1.40. The van der Waals surface area contributed by atoms with E-state index in [1.807, 2.05) is 30.3 Å². The highest BCUT2D eigenvalue weighted by Gasteiger charge is 2.14. The Bertz CT molecular complexity index is 1490. The maximum Gasteiger partial charge on any atom is 0.343 e. The average Bonchev–Trinajstić information content (AvgIpc) is 2.92. The molecule has 0 saturated carbocycles. The number of nitrogens with one attached hydrogen (secondary N) is 2. The molecule has 2 amide bonds. The molecule has 0 atom stereocenters. The number of hydrogen-bond acceptors (Lipinski definition) is 6. The molecule has 8 nitrogen and oxygen atoms in total. The highest BCUT2D eigenvalue weighted by molar-refractivity contribution is 6.31. The molecule has 0 spiro atoms. The van der Waals surface area contributed by atoms with E-state index < -0.39 is 17.8 Å². The number of amides is 2. The SMILES string of the molecule is COc1ccc(C(=O)Oc2ccc3ccccc3c2/C=N/NC(=O)CNC(=O)c2cccc(Cl)c2)cc1. The van der Waals surface area contributed by atoms with Gasteiger partial charge in [0.15, 0.2) is 0 Å². The van der Waals surface area contributed by atoms with E-state index in [9.17, 15) is 14.4 Å². The van der Waals surface area contributed by atoms with Crippen LogP contribution in [0.5, 0.6) is 11.5 Å². The summed E-state index contributed by atoms with van der Waals surface area (Å²) in [6, 6.07) is 23.9. The Morgan fingerprint density at radius 1 is 0.919 bits per heavy atom. The summed E-state index contributed by atoms with van der Waals surface area (Å²) < 4.78 is 10.8. The van der Waals surface area contributed by atoms with Crippen molar-refractivity contribution in [1.82, 2.24) is 10.7 Å². The number of carbonyl (C=O) groups is 3. The van der Waals surface area contributed by atoms with Gasteiger partial charge in [0.05, 0.1) is 25.4 Å². The molecular weight excluding hydrogens is 494 g/mol. The van der Waals surface area contributed by atoms with Crippen LogP contribution in [-0.2, 0) is 4.79 Å². The van der Waals surface area contributed by atoms with Crippen molar-refractivity contribution in [3.05, 3.63) is 107 Å². The third-order valence-corrected chi connectivity index (χ3v) is 5.57. The molecule has 0 heterocycles. The molecule has 0 aromatic heterocycles. The first kappa shape index (κ1) is 25.4. The highest BCUT2D eigenvalue weighted by atomic mass is 35.5. The summed E-state index contributed by atoms with van der Waals surface area (Å²) in [5.41, 5.74) is 3.56. The minimum atomic E-state index is -0.555. The van der Waals surface area contributed by atoms with E-state index in [1.54, 1.807) is 55.6 Å². The first-order valence-corrected chi connectivity index (χ1v) is 11.6.